The van der Waals surface area contributed by atoms with Gasteiger partial charge in [0.15, 0.2) is 0 Å². The molecule has 0 aromatic carbocycles. The zero-order valence-corrected chi connectivity index (χ0v) is 13.7. The molecule has 1 rings (SSSR count). The summed E-state index contributed by atoms with van der Waals surface area (Å²) in [6.45, 7) is 6.60. The summed E-state index contributed by atoms with van der Waals surface area (Å²) in [5.41, 5.74) is 0. The summed E-state index contributed by atoms with van der Waals surface area (Å²) in [4.78, 5) is 0. The van der Waals surface area contributed by atoms with E-state index in [-0.39, 0.29) is 0 Å². The van der Waals surface area contributed by atoms with E-state index in [2.05, 4.69) is 14.0 Å². The molecule has 1 aliphatic rings. The molecule has 0 unspecified atom stereocenters. The van der Waals surface area contributed by atoms with Crippen LogP contribution in [-0.4, -0.2) is 50.4 Å². The van der Waals surface area contributed by atoms with Crippen molar-refractivity contribution in [3.8, 4) is 0 Å². The molecule has 0 aliphatic carbocycles. The van der Waals surface area contributed by atoms with Gasteiger partial charge in [-0.1, -0.05) is 32.6 Å². The highest BCUT2D eigenvalue weighted by atomic mass is 32.2. The highest BCUT2D eigenvalue weighted by molar-refractivity contribution is 7.84. The monoisotopic (exact) mass is 293 g/mol. The Morgan fingerprint density at radius 2 is 1.42 bits per heavy atom. The Kier molecular flexibility index (Phi) is 9.66. The summed E-state index contributed by atoms with van der Waals surface area (Å²) in [7, 11) is -1.47. The molecule has 0 atom stereocenters. The van der Waals surface area contributed by atoms with Crippen LogP contribution >= 0.6 is 0 Å². The smallest absolute Gasteiger partial charge is 0.0916 e. The van der Waals surface area contributed by atoms with E-state index in [1.807, 2.05) is 0 Å². The fraction of sp³-hybridized carbons (Fsp3) is 1.00. The van der Waals surface area contributed by atoms with E-state index in [0.717, 1.165) is 0 Å². The van der Waals surface area contributed by atoms with Crippen LogP contribution in [0.2, 0.25) is 0 Å². The average Bonchev–Trinajstić information content (AvgIpc) is 2.68. The number of hydrogen-bond donors (Lipinski definition) is 0. The van der Waals surface area contributed by atoms with E-state index in [1.54, 1.807) is 0 Å². The predicted octanol–water partition coefficient (Wildman–Crippen LogP) is 2.75. The van der Waals surface area contributed by atoms with Gasteiger partial charge in [-0.25, -0.2) is 8.42 Å². The van der Waals surface area contributed by atoms with Gasteiger partial charge < -0.3 is 9.04 Å². The molecule has 5 heteroatoms. The summed E-state index contributed by atoms with van der Waals surface area (Å²) >= 11 is 0. The first kappa shape index (κ1) is 18.9. The molecule has 1 fully saturated rings. The van der Waals surface area contributed by atoms with Gasteiger partial charge in [0.05, 0.1) is 36.8 Å². The Labute approximate surface area is 119 Å². The van der Waals surface area contributed by atoms with Crippen molar-refractivity contribution in [1.29, 1.82) is 0 Å². The molecular weight excluding hydrogens is 262 g/mol. The average molecular weight is 293 g/mol. The Bertz CT molecular complexity index is 301. The van der Waals surface area contributed by atoms with E-state index in [1.165, 1.54) is 75.5 Å². The van der Waals surface area contributed by atoms with Gasteiger partial charge in [0.2, 0.25) is 0 Å². The van der Waals surface area contributed by atoms with Crippen LogP contribution < -0.4 is 0 Å². The fourth-order valence-corrected chi connectivity index (χ4v) is 2.60. The summed E-state index contributed by atoms with van der Waals surface area (Å²) in [5.74, 6) is 0. The van der Waals surface area contributed by atoms with Crippen LogP contribution in [0.25, 0.3) is 0 Å². The van der Waals surface area contributed by atoms with Crippen molar-refractivity contribution in [2.45, 2.75) is 58.3 Å². The molecule has 1 aliphatic heterocycles. The lowest BCUT2D eigenvalue weighted by atomic mass is 10.1. The first-order valence-electron chi connectivity index (χ1n) is 7.51. The number of rotatable bonds is 7. The van der Waals surface area contributed by atoms with Gasteiger partial charge in [-0.3, -0.25) is 0 Å². The maximum atomic E-state index is 9.08. The number of quaternary nitrogens is 1. The molecule has 0 bridgehead atoms. The van der Waals surface area contributed by atoms with Crippen molar-refractivity contribution in [3.05, 3.63) is 0 Å². The first-order valence-corrected chi connectivity index (χ1v) is 9.33. The third-order valence-corrected chi connectivity index (χ3v) is 3.70. The van der Waals surface area contributed by atoms with Crippen molar-refractivity contribution < 1.29 is 17.5 Å². The van der Waals surface area contributed by atoms with Crippen molar-refractivity contribution in [1.82, 2.24) is 0 Å². The molecule has 0 amide bonds. The van der Waals surface area contributed by atoms with Gasteiger partial charge in [0.25, 0.3) is 0 Å². The van der Waals surface area contributed by atoms with Crippen molar-refractivity contribution in [2.24, 2.45) is 0 Å². The molecule has 0 aromatic rings. The van der Waals surface area contributed by atoms with Crippen molar-refractivity contribution >= 4 is 10.1 Å². The first-order chi connectivity index (χ1) is 8.77. The predicted molar refractivity (Wildman–Crippen MR) is 79.0 cm³/mol. The third-order valence-electron chi connectivity index (χ3n) is 3.70. The molecule has 1 heterocycles. The second-order valence-electron chi connectivity index (χ2n) is 5.97. The number of nitrogens with zero attached hydrogens (tertiary/aromatic N) is 1. The molecular formula is C14H31NO3S. The van der Waals surface area contributed by atoms with Crippen LogP contribution in [0.1, 0.15) is 58.3 Å². The molecule has 0 spiro atoms. The van der Waals surface area contributed by atoms with Crippen LogP contribution in [-0.2, 0) is 10.1 Å². The van der Waals surface area contributed by atoms with Crippen LogP contribution in [0, 0.1) is 0 Å². The largest absolute Gasteiger partial charge is 0.748 e. The van der Waals surface area contributed by atoms with Gasteiger partial charge in [-0.05, 0) is 12.8 Å². The van der Waals surface area contributed by atoms with E-state index in [0.29, 0.717) is 6.26 Å². The maximum Gasteiger partial charge on any atom is 0.0916 e. The lowest BCUT2D eigenvalue weighted by Gasteiger charge is -2.29. The van der Waals surface area contributed by atoms with Crippen LogP contribution in [0.3, 0.4) is 0 Å². The van der Waals surface area contributed by atoms with Crippen molar-refractivity contribution in [3.63, 3.8) is 0 Å². The molecule has 0 radical (unpaired) electrons. The third kappa shape index (κ3) is 14.1. The van der Waals surface area contributed by atoms with Gasteiger partial charge in [0.1, 0.15) is 0 Å². The van der Waals surface area contributed by atoms with Crippen LogP contribution in [0.4, 0.5) is 0 Å². The molecule has 116 valence electrons. The van der Waals surface area contributed by atoms with E-state index in [4.69, 9.17) is 13.0 Å². The zero-order valence-electron chi connectivity index (χ0n) is 12.9. The van der Waals surface area contributed by atoms with E-state index >= 15 is 0 Å². The number of unbranched alkanes of at least 4 members (excludes halogenated alkanes) is 5. The second kappa shape index (κ2) is 9.72. The number of hydrogen-bond acceptors (Lipinski definition) is 3. The summed E-state index contributed by atoms with van der Waals surface area (Å²) in [6.07, 6.45) is 12.2. The summed E-state index contributed by atoms with van der Waals surface area (Å²) in [5, 5.41) is 0. The van der Waals surface area contributed by atoms with Crippen LogP contribution in [0.15, 0.2) is 0 Å². The lowest BCUT2D eigenvalue weighted by molar-refractivity contribution is -0.897. The van der Waals surface area contributed by atoms with Gasteiger partial charge >= 0.3 is 0 Å². The Morgan fingerprint density at radius 1 is 1.00 bits per heavy atom. The molecule has 0 aromatic heterocycles. The van der Waals surface area contributed by atoms with Gasteiger partial charge in [-0.2, -0.15) is 0 Å². The van der Waals surface area contributed by atoms with Gasteiger partial charge in [0, 0.05) is 19.1 Å². The Hall–Kier alpha value is -0.130. The summed E-state index contributed by atoms with van der Waals surface area (Å²) in [6, 6.07) is 0. The lowest BCUT2D eigenvalue weighted by Crippen LogP contribution is -2.41. The molecule has 0 N–H and O–H groups in total. The standard InChI is InChI=1S/C13H28N.CH4O3S/c1-3-4-5-6-7-8-11-14(2)12-9-10-13-14;1-5(2,3)4/h3-13H2,1-2H3;1H3,(H,2,3,4)/q+1;/p-1. The highest BCUT2D eigenvalue weighted by Gasteiger charge is 2.25. The molecule has 1 saturated heterocycles. The van der Waals surface area contributed by atoms with E-state index < -0.39 is 10.1 Å². The summed E-state index contributed by atoms with van der Waals surface area (Å²) < 4.78 is 28.6. The fourth-order valence-electron chi connectivity index (χ4n) is 2.60. The Morgan fingerprint density at radius 3 is 1.89 bits per heavy atom. The Balaban J connectivity index is 0.000000555. The van der Waals surface area contributed by atoms with E-state index in [9.17, 15) is 0 Å². The maximum absolute atomic E-state index is 9.08. The van der Waals surface area contributed by atoms with Gasteiger partial charge in [-0.15, -0.1) is 0 Å². The van der Waals surface area contributed by atoms with Crippen LogP contribution in [0.5, 0.6) is 0 Å². The normalized spacial score (nSPS) is 17.9. The topological polar surface area (TPSA) is 57.2 Å². The van der Waals surface area contributed by atoms with Crippen molar-refractivity contribution in [2.75, 3.05) is 32.9 Å². The highest BCUT2D eigenvalue weighted by Crippen LogP contribution is 2.17. The molecule has 4 nitrogen and oxygen atoms in total. The number of likely N-dealkylation sites (tertiary alicyclic amines) is 1. The minimum atomic E-state index is -3.92. The minimum absolute atomic E-state index is 0.604. The molecule has 19 heavy (non-hydrogen) atoms. The second-order valence-corrected chi connectivity index (χ2v) is 7.38. The minimum Gasteiger partial charge on any atom is -0.748 e. The quantitative estimate of drug-likeness (QED) is 0.412. The zero-order chi connectivity index (χ0) is 14.8. The molecule has 0 saturated carbocycles. The SMILES string of the molecule is CCCCCCCC[N+]1(C)CCCC1.CS(=O)(=O)[O-].